The molecule has 3 amide bonds. The number of benzene rings is 2. The lowest BCUT2D eigenvalue weighted by Gasteiger charge is -2.29. The largest absolute Gasteiger partial charge is 0.496 e. The molecule has 2 aliphatic heterocycles. The molecule has 32 heavy (non-hydrogen) atoms. The molecule has 10 heteroatoms. The Labute approximate surface area is 187 Å². The van der Waals surface area contributed by atoms with Crippen LogP contribution in [-0.2, 0) is 16.1 Å². The summed E-state index contributed by atoms with van der Waals surface area (Å²) in [6.07, 6.45) is 2.27. The molecule has 1 unspecified atom stereocenters. The van der Waals surface area contributed by atoms with E-state index < -0.39 is 11.9 Å². The molecule has 9 nitrogen and oxygen atoms in total. The van der Waals surface area contributed by atoms with Gasteiger partial charge in [0.25, 0.3) is 5.91 Å². The van der Waals surface area contributed by atoms with Crippen molar-refractivity contribution in [1.29, 1.82) is 0 Å². The lowest BCUT2D eigenvalue weighted by Crippen LogP contribution is -2.52. The summed E-state index contributed by atoms with van der Waals surface area (Å²) in [7, 11) is 1.57. The Balaban J connectivity index is 1.43. The van der Waals surface area contributed by atoms with E-state index in [1.165, 1.54) is 4.90 Å². The summed E-state index contributed by atoms with van der Waals surface area (Å²) in [5.74, 6) is -0.367. The second kappa shape index (κ2) is 7.76. The number of carbonyl (C=O) groups excluding carboxylic acids is 3. The molecule has 162 valence electrons. The number of piperidine rings is 1. The monoisotopic (exact) mass is 451 g/mol. The van der Waals surface area contributed by atoms with Crippen LogP contribution in [0.5, 0.6) is 5.75 Å². The minimum Gasteiger partial charge on any atom is -0.496 e. The Morgan fingerprint density at radius 2 is 1.97 bits per heavy atom. The summed E-state index contributed by atoms with van der Waals surface area (Å²) in [5, 5.41) is 11.3. The van der Waals surface area contributed by atoms with Crippen LogP contribution in [0.2, 0.25) is 5.02 Å². The van der Waals surface area contributed by atoms with E-state index in [4.69, 9.17) is 16.3 Å². The van der Waals surface area contributed by atoms with Gasteiger partial charge in [-0.2, -0.15) is 0 Å². The molecule has 0 radical (unpaired) electrons. The van der Waals surface area contributed by atoms with Crippen LogP contribution in [0, 0.1) is 0 Å². The Hall–Kier alpha value is -3.72. The number of rotatable bonds is 4. The molecule has 0 bridgehead atoms. The summed E-state index contributed by atoms with van der Waals surface area (Å²) in [4.78, 5) is 38.2. The van der Waals surface area contributed by atoms with E-state index in [0.29, 0.717) is 46.2 Å². The first-order valence-electron chi connectivity index (χ1n) is 9.99. The molecular weight excluding hydrogens is 434 g/mol. The van der Waals surface area contributed by atoms with Gasteiger partial charge in [-0.3, -0.25) is 19.7 Å². The minimum absolute atomic E-state index is 0.219. The van der Waals surface area contributed by atoms with Crippen LogP contribution in [0.3, 0.4) is 0 Å². The van der Waals surface area contributed by atoms with Crippen LogP contribution in [0.15, 0.2) is 42.6 Å². The van der Waals surface area contributed by atoms with E-state index in [1.54, 1.807) is 42.3 Å². The number of amides is 3. The van der Waals surface area contributed by atoms with Crippen molar-refractivity contribution in [3.8, 4) is 22.7 Å². The van der Waals surface area contributed by atoms with Gasteiger partial charge in [0, 0.05) is 29.1 Å². The zero-order valence-electron chi connectivity index (χ0n) is 17.0. The number of fused-ring (bicyclic) bond motifs is 1. The van der Waals surface area contributed by atoms with Gasteiger partial charge in [-0.25, -0.2) is 4.68 Å². The smallest absolute Gasteiger partial charge is 0.255 e. The molecule has 1 saturated heterocycles. The maximum absolute atomic E-state index is 13.0. The number of carbonyl (C=O) groups is 3. The predicted octanol–water partition coefficient (Wildman–Crippen LogP) is 2.36. The number of hydrogen-bond acceptors (Lipinski definition) is 6. The number of nitrogens with one attached hydrogen (secondary N) is 1. The van der Waals surface area contributed by atoms with E-state index in [9.17, 15) is 14.4 Å². The molecular formula is C22H18ClN5O4. The predicted molar refractivity (Wildman–Crippen MR) is 114 cm³/mol. The summed E-state index contributed by atoms with van der Waals surface area (Å²) in [6.45, 7) is 0.322. The molecule has 1 atom stereocenters. The molecule has 5 rings (SSSR count). The van der Waals surface area contributed by atoms with Crippen molar-refractivity contribution >= 4 is 29.3 Å². The number of methoxy groups -OCH3 is 1. The van der Waals surface area contributed by atoms with Crippen molar-refractivity contribution < 1.29 is 19.1 Å². The quantitative estimate of drug-likeness (QED) is 0.610. The van der Waals surface area contributed by atoms with Gasteiger partial charge in [0.15, 0.2) is 0 Å². The summed E-state index contributed by atoms with van der Waals surface area (Å²) in [6, 6.07) is 10.0. The maximum atomic E-state index is 13.0. The molecule has 0 spiro atoms. The van der Waals surface area contributed by atoms with Gasteiger partial charge in [-0.15, -0.1) is 5.10 Å². The third-order valence-electron chi connectivity index (χ3n) is 5.71. The van der Waals surface area contributed by atoms with Crippen molar-refractivity contribution in [2.24, 2.45) is 0 Å². The Bertz CT molecular complexity index is 1270. The van der Waals surface area contributed by atoms with Crippen LogP contribution in [0.4, 0.5) is 0 Å². The first-order valence-corrected chi connectivity index (χ1v) is 10.4. The first kappa shape index (κ1) is 20.2. The van der Waals surface area contributed by atoms with Crippen molar-refractivity contribution in [3.63, 3.8) is 0 Å². The number of aromatic nitrogens is 3. The molecule has 2 aliphatic rings. The zero-order valence-corrected chi connectivity index (χ0v) is 17.8. The average molecular weight is 452 g/mol. The fraction of sp³-hybridized carbons (Fsp3) is 0.227. The van der Waals surface area contributed by atoms with E-state index >= 15 is 0 Å². The van der Waals surface area contributed by atoms with Gasteiger partial charge in [0.05, 0.1) is 19.0 Å². The number of ether oxygens (including phenoxy) is 1. The number of imide groups is 1. The Morgan fingerprint density at radius 1 is 1.12 bits per heavy atom. The molecule has 3 aromatic rings. The van der Waals surface area contributed by atoms with Crippen molar-refractivity contribution in [1.82, 2.24) is 25.2 Å². The Morgan fingerprint density at radius 3 is 2.75 bits per heavy atom. The third-order valence-corrected chi connectivity index (χ3v) is 5.94. The molecule has 3 heterocycles. The van der Waals surface area contributed by atoms with Crippen LogP contribution in [0.25, 0.3) is 16.9 Å². The zero-order chi connectivity index (χ0) is 22.4. The van der Waals surface area contributed by atoms with Gasteiger partial charge in [-0.1, -0.05) is 22.9 Å². The summed E-state index contributed by atoms with van der Waals surface area (Å²) in [5.41, 5.74) is 3.25. The van der Waals surface area contributed by atoms with E-state index in [2.05, 4.69) is 15.6 Å². The van der Waals surface area contributed by atoms with Crippen molar-refractivity contribution in [2.45, 2.75) is 25.4 Å². The molecule has 1 aromatic heterocycles. The highest BCUT2D eigenvalue weighted by atomic mass is 35.5. The normalized spacial score (nSPS) is 18.0. The Kier molecular flexibility index (Phi) is 4.90. The van der Waals surface area contributed by atoms with Gasteiger partial charge >= 0.3 is 0 Å². The molecule has 0 aliphatic carbocycles. The fourth-order valence-electron chi connectivity index (χ4n) is 4.08. The lowest BCUT2D eigenvalue weighted by molar-refractivity contribution is -0.136. The van der Waals surface area contributed by atoms with Crippen LogP contribution in [-0.4, -0.2) is 50.8 Å². The molecule has 1 fully saturated rings. The van der Waals surface area contributed by atoms with E-state index in [1.807, 2.05) is 12.1 Å². The topological polar surface area (TPSA) is 106 Å². The number of nitrogens with zero attached hydrogens (tertiary/aromatic N) is 4. The highest BCUT2D eigenvalue weighted by Crippen LogP contribution is 2.32. The highest BCUT2D eigenvalue weighted by molar-refractivity contribution is 6.31. The van der Waals surface area contributed by atoms with Crippen LogP contribution in [0.1, 0.15) is 28.8 Å². The summed E-state index contributed by atoms with van der Waals surface area (Å²) >= 11 is 6.12. The average Bonchev–Trinajstić information content (AvgIpc) is 3.39. The first-order chi connectivity index (χ1) is 15.4. The SMILES string of the molecule is COc1ccc(Cl)cc1-c1cn(-c2ccc3c(c2)C(=O)N(C2CCC(=O)NC2=O)C3)nn1. The maximum Gasteiger partial charge on any atom is 0.255 e. The number of hydrogen-bond donors (Lipinski definition) is 1. The number of halogens is 1. The third kappa shape index (κ3) is 3.40. The second-order valence-corrected chi connectivity index (χ2v) is 8.07. The van der Waals surface area contributed by atoms with Gasteiger partial charge < -0.3 is 9.64 Å². The van der Waals surface area contributed by atoms with E-state index in [0.717, 1.165) is 5.56 Å². The van der Waals surface area contributed by atoms with Gasteiger partial charge in [0.2, 0.25) is 11.8 Å². The molecule has 0 saturated carbocycles. The van der Waals surface area contributed by atoms with Crippen molar-refractivity contribution in [3.05, 3.63) is 58.7 Å². The second-order valence-electron chi connectivity index (χ2n) is 7.63. The standard InChI is InChI=1S/C22H18ClN5O4/c1-32-19-6-3-13(23)8-16(19)17-11-28(26-25-17)14-4-2-12-10-27(22(31)15(12)9-14)18-5-7-20(29)24-21(18)30/h2-4,6,8-9,11,18H,5,7,10H2,1H3,(H,24,29,30). The van der Waals surface area contributed by atoms with Crippen LogP contribution < -0.4 is 10.1 Å². The molecule has 2 aromatic carbocycles. The highest BCUT2D eigenvalue weighted by Gasteiger charge is 2.39. The van der Waals surface area contributed by atoms with Gasteiger partial charge in [0.1, 0.15) is 17.5 Å². The van der Waals surface area contributed by atoms with Crippen molar-refractivity contribution in [2.75, 3.05) is 7.11 Å². The molecule has 1 N–H and O–H groups in total. The fourth-order valence-corrected chi connectivity index (χ4v) is 4.25. The van der Waals surface area contributed by atoms with Crippen LogP contribution >= 0.6 is 11.6 Å². The van der Waals surface area contributed by atoms with Gasteiger partial charge in [-0.05, 0) is 42.3 Å². The van der Waals surface area contributed by atoms with E-state index in [-0.39, 0.29) is 18.2 Å². The lowest BCUT2D eigenvalue weighted by atomic mass is 10.0. The minimum atomic E-state index is -0.649. The summed E-state index contributed by atoms with van der Waals surface area (Å²) < 4.78 is 6.96.